The van der Waals surface area contributed by atoms with E-state index in [-0.39, 0.29) is 0 Å². The minimum atomic E-state index is 0.561. The zero-order valence-corrected chi connectivity index (χ0v) is 7.77. The van der Waals surface area contributed by atoms with E-state index >= 15 is 0 Å². The molecule has 4 nitrogen and oxygen atoms in total. The van der Waals surface area contributed by atoms with Crippen molar-refractivity contribution in [3.05, 3.63) is 35.4 Å². The van der Waals surface area contributed by atoms with Gasteiger partial charge in [0.25, 0.3) is 0 Å². The summed E-state index contributed by atoms with van der Waals surface area (Å²) in [6, 6.07) is 7.98. The molecule has 14 heavy (non-hydrogen) atoms. The highest BCUT2D eigenvalue weighted by Gasteiger charge is 2.10. The van der Waals surface area contributed by atoms with Crippen molar-refractivity contribution in [3.63, 3.8) is 0 Å². The van der Waals surface area contributed by atoms with Crippen LogP contribution in [0.15, 0.2) is 34.5 Å². The van der Waals surface area contributed by atoms with E-state index in [1.54, 1.807) is 0 Å². The molecule has 2 rings (SSSR count). The van der Waals surface area contributed by atoms with Gasteiger partial charge in [0.05, 0.1) is 12.1 Å². The Morgan fingerprint density at radius 1 is 1.14 bits per heavy atom. The molecule has 72 valence electrons. The van der Waals surface area contributed by atoms with Crippen molar-refractivity contribution in [3.8, 4) is 0 Å². The molecule has 1 aliphatic rings. The third-order valence-corrected chi connectivity index (χ3v) is 2.17. The molecule has 1 aromatic carbocycles. The Labute approximate surface area is 82.3 Å². The quantitative estimate of drug-likeness (QED) is 0.713. The normalized spacial score (nSPS) is 15.2. The molecule has 1 heterocycles. The lowest BCUT2D eigenvalue weighted by atomic mass is 10.1. The zero-order chi connectivity index (χ0) is 9.97. The summed E-state index contributed by atoms with van der Waals surface area (Å²) in [5.74, 6) is 0.572. The molecule has 0 atom stereocenters. The molecule has 0 radical (unpaired) electrons. The molecule has 0 amide bonds. The first-order valence-corrected chi connectivity index (χ1v) is 4.48. The van der Waals surface area contributed by atoms with Gasteiger partial charge in [-0.2, -0.15) is 5.10 Å². The van der Waals surface area contributed by atoms with E-state index in [9.17, 15) is 0 Å². The van der Waals surface area contributed by atoms with E-state index < -0.39 is 0 Å². The van der Waals surface area contributed by atoms with Crippen LogP contribution in [-0.2, 0) is 6.54 Å². The molecule has 0 bridgehead atoms. The molecule has 0 spiro atoms. The molecule has 0 saturated heterocycles. The fourth-order valence-electron chi connectivity index (χ4n) is 1.36. The van der Waals surface area contributed by atoms with E-state index in [1.807, 2.05) is 24.3 Å². The number of nitrogens with two attached hydrogens (primary N) is 2. The third-order valence-electron chi connectivity index (χ3n) is 2.17. The van der Waals surface area contributed by atoms with Crippen molar-refractivity contribution in [2.45, 2.75) is 13.0 Å². The van der Waals surface area contributed by atoms with Crippen LogP contribution in [0.1, 0.15) is 17.5 Å². The fourth-order valence-corrected chi connectivity index (χ4v) is 1.36. The number of rotatable bonds is 2. The SMILES string of the molecule is NCc1ccc(C2=NN=C(N)C2)cc1. The summed E-state index contributed by atoms with van der Waals surface area (Å²) >= 11 is 0. The zero-order valence-electron chi connectivity index (χ0n) is 7.77. The molecule has 0 fully saturated rings. The molecular formula is C10H12N4. The van der Waals surface area contributed by atoms with Crippen molar-refractivity contribution >= 4 is 11.5 Å². The van der Waals surface area contributed by atoms with Crippen LogP contribution in [0.5, 0.6) is 0 Å². The Kier molecular flexibility index (Phi) is 2.28. The molecule has 4 heteroatoms. The van der Waals surface area contributed by atoms with E-state index in [4.69, 9.17) is 11.5 Å². The molecule has 0 aromatic heterocycles. The molecule has 1 aromatic rings. The Morgan fingerprint density at radius 3 is 2.36 bits per heavy atom. The smallest absolute Gasteiger partial charge is 0.128 e. The van der Waals surface area contributed by atoms with Gasteiger partial charge in [0.2, 0.25) is 0 Å². The van der Waals surface area contributed by atoms with Crippen LogP contribution < -0.4 is 11.5 Å². The summed E-state index contributed by atoms with van der Waals surface area (Å²) in [7, 11) is 0. The van der Waals surface area contributed by atoms with Gasteiger partial charge in [-0.05, 0) is 11.1 Å². The van der Waals surface area contributed by atoms with Crippen LogP contribution in [0.25, 0.3) is 0 Å². The maximum Gasteiger partial charge on any atom is 0.128 e. The number of hydrogen-bond acceptors (Lipinski definition) is 4. The summed E-state index contributed by atoms with van der Waals surface area (Å²) in [4.78, 5) is 0. The van der Waals surface area contributed by atoms with Gasteiger partial charge in [0.15, 0.2) is 0 Å². The molecule has 4 N–H and O–H groups in total. The number of nitrogens with zero attached hydrogens (tertiary/aromatic N) is 2. The highest BCUT2D eigenvalue weighted by atomic mass is 15.3. The van der Waals surface area contributed by atoms with Crippen molar-refractivity contribution in [1.29, 1.82) is 0 Å². The summed E-state index contributed by atoms with van der Waals surface area (Å²) < 4.78 is 0. The maximum atomic E-state index is 5.53. The summed E-state index contributed by atoms with van der Waals surface area (Å²) in [5, 5.41) is 7.79. The van der Waals surface area contributed by atoms with Crippen LogP contribution in [-0.4, -0.2) is 11.5 Å². The molecule has 0 saturated carbocycles. The van der Waals surface area contributed by atoms with Gasteiger partial charge in [-0.1, -0.05) is 24.3 Å². The van der Waals surface area contributed by atoms with E-state index in [2.05, 4.69) is 10.2 Å². The topological polar surface area (TPSA) is 76.8 Å². The molecule has 0 unspecified atom stereocenters. The highest BCUT2D eigenvalue weighted by Crippen LogP contribution is 2.11. The average Bonchev–Trinajstić information content (AvgIpc) is 2.65. The predicted molar refractivity (Wildman–Crippen MR) is 57.1 cm³/mol. The lowest BCUT2D eigenvalue weighted by Crippen LogP contribution is -2.12. The highest BCUT2D eigenvalue weighted by molar-refractivity contribution is 6.13. The summed E-state index contributed by atoms with van der Waals surface area (Å²) in [5.41, 5.74) is 14.1. The van der Waals surface area contributed by atoms with Crippen molar-refractivity contribution in [2.24, 2.45) is 21.7 Å². The lowest BCUT2D eigenvalue weighted by Gasteiger charge is -2.01. The largest absolute Gasteiger partial charge is 0.385 e. The minimum absolute atomic E-state index is 0.561. The van der Waals surface area contributed by atoms with Crippen LogP contribution in [0.4, 0.5) is 0 Å². The number of amidine groups is 1. The minimum Gasteiger partial charge on any atom is -0.385 e. The summed E-state index contributed by atoms with van der Waals surface area (Å²) in [6.07, 6.45) is 0.641. The van der Waals surface area contributed by atoms with E-state index in [0.29, 0.717) is 18.8 Å². The van der Waals surface area contributed by atoms with Gasteiger partial charge >= 0.3 is 0 Å². The Bertz CT molecular complexity index is 389. The first-order chi connectivity index (χ1) is 6.79. The van der Waals surface area contributed by atoms with Gasteiger partial charge in [-0.25, -0.2) is 0 Å². The third kappa shape index (κ3) is 1.65. The molecular weight excluding hydrogens is 176 g/mol. The van der Waals surface area contributed by atoms with Crippen LogP contribution in [0.2, 0.25) is 0 Å². The van der Waals surface area contributed by atoms with E-state index in [0.717, 1.165) is 16.8 Å². The monoisotopic (exact) mass is 188 g/mol. The van der Waals surface area contributed by atoms with E-state index in [1.165, 1.54) is 0 Å². The first kappa shape index (κ1) is 8.90. The van der Waals surface area contributed by atoms with Gasteiger partial charge < -0.3 is 11.5 Å². The van der Waals surface area contributed by atoms with Gasteiger partial charge in [0.1, 0.15) is 5.84 Å². The maximum absolute atomic E-state index is 5.53. The second-order valence-electron chi connectivity index (χ2n) is 3.22. The van der Waals surface area contributed by atoms with Crippen molar-refractivity contribution in [1.82, 2.24) is 0 Å². The average molecular weight is 188 g/mol. The number of benzene rings is 1. The van der Waals surface area contributed by atoms with Crippen LogP contribution in [0, 0.1) is 0 Å². The van der Waals surface area contributed by atoms with Gasteiger partial charge in [-0.15, -0.1) is 5.10 Å². The Balaban J connectivity index is 2.19. The summed E-state index contributed by atoms with van der Waals surface area (Å²) in [6.45, 7) is 0.561. The van der Waals surface area contributed by atoms with Crippen LogP contribution in [0.3, 0.4) is 0 Å². The Hall–Kier alpha value is -1.68. The van der Waals surface area contributed by atoms with Crippen molar-refractivity contribution < 1.29 is 0 Å². The predicted octanol–water partition coefficient (Wildman–Crippen LogP) is 0.610. The fraction of sp³-hybridized carbons (Fsp3) is 0.200. The second-order valence-corrected chi connectivity index (χ2v) is 3.22. The van der Waals surface area contributed by atoms with Gasteiger partial charge in [0, 0.05) is 6.54 Å². The molecule has 0 aliphatic carbocycles. The van der Waals surface area contributed by atoms with Crippen LogP contribution >= 0.6 is 0 Å². The molecule has 1 aliphatic heterocycles. The van der Waals surface area contributed by atoms with Crippen molar-refractivity contribution in [2.75, 3.05) is 0 Å². The second kappa shape index (κ2) is 3.59. The standard InChI is InChI=1S/C10H12N4/c11-6-7-1-3-8(4-2-7)9-5-10(12)14-13-9/h1-4H,5-6,11H2,(H2,12,14). The Morgan fingerprint density at radius 2 is 1.86 bits per heavy atom. The lowest BCUT2D eigenvalue weighted by molar-refractivity contribution is 1.07. The van der Waals surface area contributed by atoms with Gasteiger partial charge in [-0.3, -0.25) is 0 Å². The first-order valence-electron chi connectivity index (χ1n) is 4.48. The number of hydrogen-bond donors (Lipinski definition) is 2.